The van der Waals surface area contributed by atoms with Gasteiger partial charge in [0.05, 0.1) is 22.2 Å². The maximum atomic E-state index is 13.7. The summed E-state index contributed by atoms with van der Waals surface area (Å²) in [6.45, 7) is 0. The lowest BCUT2D eigenvalue weighted by Gasteiger charge is -2.26. The van der Waals surface area contributed by atoms with Gasteiger partial charge >= 0.3 is 24.7 Å². The van der Waals surface area contributed by atoms with Crippen molar-refractivity contribution in [2.75, 3.05) is 4.90 Å². The number of para-hydroxylation sites is 1. The second-order valence-corrected chi connectivity index (χ2v) is 9.18. The Kier molecular flexibility index (Phi) is 6.97. The quantitative estimate of drug-likeness (QED) is 0.188. The number of aromatic nitrogens is 2. The summed E-state index contributed by atoms with van der Waals surface area (Å²) >= 11 is 0. The molecule has 3 aromatic carbocycles. The molecule has 0 saturated carbocycles. The average molecular weight is 619 g/mol. The summed E-state index contributed by atoms with van der Waals surface area (Å²) in [6.07, 6.45) is -20.8. The number of rotatable bonds is 3. The van der Waals surface area contributed by atoms with Crippen molar-refractivity contribution in [1.29, 1.82) is 0 Å². The highest BCUT2D eigenvalue weighted by molar-refractivity contribution is 5.92. The molecule has 0 atom stereocenters. The van der Waals surface area contributed by atoms with Gasteiger partial charge in [-0.15, -0.1) is 0 Å². The molecule has 0 aliphatic rings. The molecule has 3 nitrogen and oxygen atoms in total. The summed E-state index contributed by atoms with van der Waals surface area (Å²) < 4.78 is 163. The van der Waals surface area contributed by atoms with Gasteiger partial charge in [0.15, 0.2) is 0 Å². The number of pyridine rings is 2. The molecule has 2 heterocycles. The Morgan fingerprint density at radius 2 is 0.814 bits per heavy atom. The molecular formula is C28H13F12N3. The predicted octanol–water partition coefficient (Wildman–Crippen LogP) is 10.3. The number of fused-ring (bicyclic) bond motifs is 2. The third-order valence-electron chi connectivity index (χ3n) is 6.31. The van der Waals surface area contributed by atoms with Crippen LogP contribution in [0.3, 0.4) is 0 Å². The van der Waals surface area contributed by atoms with Crippen molar-refractivity contribution in [3.8, 4) is 0 Å². The molecule has 0 aliphatic carbocycles. The van der Waals surface area contributed by atoms with Gasteiger partial charge in [-0.3, -0.25) is 0 Å². The van der Waals surface area contributed by atoms with Crippen molar-refractivity contribution in [3.05, 3.63) is 101 Å². The van der Waals surface area contributed by atoms with Crippen LogP contribution in [-0.2, 0) is 24.7 Å². The summed E-state index contributed by atoms with van der Waals surface area (Å²) in [7, 11) is 0. The van der Waals surface area contributed by atoms with E-state index in [0.717, 1.165) is 36.4 Å². The number of benzene rings is 3. The number of hydrogen-bond acceptors (Lipinski definition) is 3. The molecular weight excluding hydrogens is 606 g/mol. The van der Waals surface area contributed by atoms with Crippen LogP contribution >= 0.6 is 0 Å². The van der Waals surface area contributed by atoms with Crippen LogP contribution in [0.4, 0.5) is 69.7 Å². The number of hydrogen-bond donors (Lipinski definition) is 0. The van der Waals surface area contributed by atoms with Crippen LogP contribution < -0.4 is 4.90 Å². The van der Waals surface area contributed by atoms with Gasteiger partial charge in [0.25, 0.3) is 0 Å². The standard InChI is InChI=1S/C28H13F12N3/c29-25(30,31)19-12-23(27(35,36)37)41-21-10-15(6-8-17(19)21)43(14-4-2-1-3-5-14)16-7-9-18-20(26(32,33)34)13-24(28(38,39)40)42-22(18)11-16/h1-13H. The van der Waals surface area contributed by atoms with Crippen molar-refractivity contribution in [3.63, 3.8) is 0 Å². The van der Waals surface area contributed by atoms with Gasteiger partial charge in [0, 0.05) is 27.8 Å². The molecule has 5 aromatic rings. The Morgan fingerprint density at radius 1 is 0.419 bits per heavy atom. The minimum atomic E-state index is -5.24. The highest BCUT2D eigenvalue weighted by Crippen LogP contribution is 2.44. The molecule has 0 spiro atoms. The molecule has 0 fully saturated rings. The monoisotopic (exact) mass is 619 g/mol. The Balaban J connectivity index is 1.78. The van der Waals surface area contributed by atoms with E-state index in [-0.39, 0.29) is 29.2 Å². The van der Waals surface area contributed by atoms with Crippen LogP contribution in [-0.4, -0.2) is 9.97 Å². The van der Waals surface area contributed by atoms with Crippen LogP contribution in [0.15, 0.2) is 78.9 Å². The van der Waals surface area contributed by atoms with E-state index in [9.17, 15) is 52.7 Å². The number of halogens is 12. The molecule has 0 amide bonds. The van der Waals surface area contributed by atoms with Crippen molar-refractivity contribution in [2.24, 2.45) is 0 Å². The second-order valence-electron chi connectivity index (χ2n) is 9.18. The first-order valence-electron chi connectivity index (χ1n) is 11.9. The molecule has 0 N–H and O–H groups in total. The highest BCUT2D eigenvalue weighted by Gasteiger charge is 2.40. The third kappa shape index (κ3) is 5.88. The van der Waals surface area contributed by atoms with Gasteiger partial charge in [-0.2, -0.15) is 52.7 Å². The molecule has 0 unspecified atom stereocenters. The first-order chi connectivity index (χ1) is 19.8. The maximum absolute atomic E-state index is 13.7. The molecule has 2 aromatic heterocycles. The van der Waals surface area contributed by atoms with Crippen LogP contribution in [0.2, 0.25) is 0 Å². The molecule has 43 heavy (non-hydrogen) atoms. The van der Waals surface area contributed by atoms with Crippen LogP contribution in [0, 0.1) is 0 Å². The Labute approximate surface area is 233 Å². The van der Waals surface area contributed by atoms with Gasteiger partial charge in [-0.1, -0.05) is 30.3 Å². The molecule has 15 heteroatoms. The normalized spacial score (nSPS) is 13.1. The Bertz CT molecular complexity index is 1710. The number of anilines is 3. The number of alkyl halides is 12. The zero-order chi connectivity index (χ0) is 31.5. The van der Waals surface area contributed by atoms with Crippen molar-refractivity contribution in [1.82, 2.24) is 9.97 Å². The average Bonchev–Trinajstić information content (AvgIpc) is 2.90. The number of nitrogens with zero attached hydrogens (tertiary/aromatic N) is 3. The fourth-order valence-corrected chi connectivity index (χ4v) is 4.50. The van der Waals surface area contributed by atoms with E-state index in [1.165, 1.54) is 29.2 Å². The van der Waals surface area contributed by atoms with E-state index in [0.29, 0.717) is 0 Å². The van der Waals surface area contributed by atoms with E-state index in [4.69, 9.17) is 0 Å². The lowest BCUT2D eigenvalue weighted by Crippen LogP contribution is -2.15. The minimum Gasteiger partial charge on any atom is -0.310 e. The third-order valence-corrected chi connectivity index (χ3v) is 6.31. The molecule has 5 rings (SSSR count). The van der Waals surface area contributed by atoms with E-state index >= 15 is 0 Å². The Morgan fingerprint density at radius 3 is 1.16 bits per heavy atom. The maximum Gasteiger partial charge on any atom is 0.433 e. The van der Waals surface area contributed by atoms with E-state index < -0.39 is 69.0 Å². The molecule has 0 bridgehead atoms. The molecule has 224 valence electrons. The first-order valence-corrected chi connectivity index (χ1v) is 11.9. The SMILES string of the molecule is FC(F)(F)c1cc(C(F)(F)F)c2ccc(N(c3ccccc3)c3ccc4c(C(F)(F)F)cc(C(F)(F)F)nc4c3)cc2n1. The van der Waals surface area contributed by atoms with Gasteiger partial charge in [-0.05, 0) is 48.5 Å². The fourth-order valence-electron chi connectivity index (χ4n) is 4.50. The van der Waals surface area contributed by atoms with Crippen LogP contribution in [0.25, 0.3) is 21.8 Å². The first kappa shape index (κ1) is 29.9. The van der Waals surface area contributed by atoms with Gasteiger partial charge < -0.3 is 4.90 Å². The van der Waals surface area contributed by atoms with Gasteiger partial charge in [-0.25, -0.2) is 9.97 Å². The molecule has 0 aliphatic heterocycles. The summed E-state index contributed by atoms with van der Waals surface area (Å²) in [5, 5.41) is -1.33. The lowest BCUT2D eigenvalue weighted by molar-refractivity contribution is -0.146. The van der Waals surface area contributed by atoms with Crippen molar-refractivity contribution in [2.45, 2.75) is 24.7 Å². The van der Waals surface area contributed by atoms with Crippen molar-refractivity contribution < 1.29 is 52.7 Å². The van der Waals surface area contributed by atoms with Crippen molar-refractivity contribution >= 4 is 38.9 Å². The second kappa shape index (κ2) is 10.0. The summed E-state index contributed by atoms with van der Waals surface area (Å²) in [4.78, 5) is 7.94. The zero-order valence-corrected chi connectivity index (χ0v) is 20.9. The van der Waals surface area contributed by atoms with E-state index in [1.807, 2.05) is 0 Å². The van der Waals surface area contributed by atoms with Gasteiger partial charge in [0.2, 0.25) is 0 Å². The van der Waals surface area contributed by atoms with E-state index in [1.54, 1.807) is 6.07 Å². The fraction of sp³-hybridized carbons (Fsp3) is 0.143. The predicted molar refractivity (Wildman–Crippen MR) is 132 cm³/mol. The summed E-state index contributed by atoms with van der Waals surface area (Å²) in [5.41, 5.74) is -8.23. The minimum absolute atomic E-state index is 0.0963. The largest absolute Gasteiger partial charge is 0.433 e. The lowest BCUT2D eigenvalue weighted by atomic mass is 10.0. The molecule has 0 saturated heterocycles. The van der Waals surface area contributed by atoms with Gasteiger partial charge in [0.1, 0.15) is 11.4 Å². The zero-order valence-electron chi connectivity index (χ0n) is 20.9. The van der Waals surface area contributed by atoms with E-state index in [2.05, 4.69) is 9.97 Å². The molecule has 0 radical (unpaired) electrons. The smallest absolute Gasteiger partial charge is 0.310 e. The summed E-state index contributed by atoms with van der Waals surface area (Å²) in [5.74, 6) is 0. The van der Waals surface area contributed by atoms with Crippen LogP contribution in [0.5, 0.6) is 0 Å². The Hall–Kier alpha value is -4.56. The topological polar surface area (TPSA) is 29.0 Å². The van der Waals surface area contributed by atoms with Crippen LogP contribution in [0.1, 0.15) is 22.5 Å². The highest BCUT2D eigenvalue weighted by atomic mass is 19.4. The summed E-state index contributed by atoms with van der Waals surface area (Å²) in [6, 6.07) is 13.0.